The van der Waals surface area contributed by atoms with Gasteiger partial charge in [-0.15, -0.1) is 0 Å². The summed E-state index contributed by atoms with van der Waals surface area (Å²) in [6.45, 7) is 0. The van der Waals surface area contributed by atoms with Crippen molar-refractivity contribution in [3.63, 3.8) is 0 Å². The molecule has 1 heterocycles. The predicted molar refractivity (Wildman–Crippen MR) is 63.4 cm³/mol. The second kappa shape index (κ2) is 4.87. The van der Waals surface area contributed by atoms with Gasteiger partial charge in [0.2, 0.25) is 0 Å². The third-order valence-corrected chi connectivity index (χ3v) is 2.53. The number of nitrogens with zero attached hydrogens (tertiary/aromatic N) is 1. The monoisotopic (exact) mass is 248 g/mol. The molecule has 2 rings (SSSR count). The smallest absolute Gasteiger partial charge is 0.337 e. The SMILES string of the molecule is COC(=O)c1ccc2nc(CCC(=O)O)[nH]c2c1. The molecule has 0 saturated heterocycles. The molecule has 0 radical (unpaired) electrons. The maximum atomic E-state index is 11.3. The molecule has 6 nitrogen and oxygen atoms in total. The summed E-state index contributed by atoms with van der Waals surface area (Å²) in [6.07, 6.45) is 0.348. The van der Waals surface area contributed by atoms with E-state index in [9.17, 15) is 9.59 Å². The number of carbonyl (C=O) groups excluding carboxylic acids is 1. The Hall–Kier alpha value is -2.37. The summed E-state index contributed by atoms with van der Waals surface area (Å²) in [4.78, 5) is 29.0. The van der Waals surface area contributed by atoms with Crippen LogP contribution in [0, 0.1) is 0 Å². The summed E-state index contributed by atoms with van der Waals surface area (Å²) in [6, 6.07) is 4.96. The Balaban J connectivity index is 2.28. The number of aliphatic carboxylic acids is 1. The topological polar surface area (TPSA) is 92.3 Å². The number of fused-ring (bicyclic) bond motifs is 1. The molecule has 6 heteroatoms. The van der Waals surface area contributed by atoms with Crippen LogP contribution in [0.3, 0.4) is 0 Å². The zero-order chi connectivity index (χ0) is 13.1. The van der Waals surface area contributed by atoms with Crippen LogP contribution in [0.25, 0.3) is 11.0 Å². The number of benzene rings is 1. The number of aromatic amines is 1. The number of carboxylic acid groups (broad SMARTS) is 1. The third-order valence-electron chi connectivity index (χ3n) is 2.53. The number of ether oxygens (including phenoxy) is 1. The molecule has 0 fully saturated rings. The fourth-order valence-corrected chi connectivity index (χ4v) is 1.65. The minimum Gasteiger partial charge on any atom is -0.481 e. The number of hydrogen-bond acceptors (Lipinski definition) is 4. The van der Waals surface area contributed by atoms with E-state index in [-0.39, 0.29) is 6.42 Å². The van der Waals surface area contributed by atoms with E-state index < -0.39 is 11.9 Å². The molecule has 0 spiro atoms. The van der Waals surface area contributed by atoms with Crippen LogP contribution in [-0.4, -0.2) is 34.1 Å². The number of esters is 1. The lowest BCUT2D eigenvalue weighted by molar-refractivity contribution is -0.137. The van der Waals surface area contributed by atoms with Gasteiger partial charge in [-0.1, -0.05) is 0 Å². The van der Waals surface area contributed by atoms with Crippen molar-refractivity contribution in [2.24, 2.45) is 0 Å². The average Bonchev–Trinajstić information content (AvgIpc) is 2.77. The number of carbonyl (C=O) groups is 2. The fourth-order valence-electron chi connectivity index (χ4n) is 1.65. The van der Waals surface area contributed by atoms with Gasteiger partial charge in [0, 0.05) is 6.42 Å². The average molecular weight is 248 g/mol. The second-order valence-electron chi connectivity index (χ2n) is 3.80. The number of hydrogen-bond donors (Lipinski definition) is 2. The molecule has 94 valence electrons. The van der Waals surface area contributed by atoms with Gasteiger partial charge in [-0.2, -0.15) is 0 Å². The predicted octanol–water partition coefficient (Wildman–Crippen LogP) is 1.37. The molecule has 1 aromatic carbocycles. The van der Waals surface area contributed by atoms with Crippen LogP contribution in [0.4, 0.5) is 0 Å². The van der Waals surface area contributed by atoms with Crippen molar-refractivity contribution in [3.8, 4) is 0 Å². The molecule has 1 aromatic heterocycles. The summed E-state index contributed by atoms with van der Waals surface area (Å²) in [5, 5.41) is 8.60. The summed E-state index contributed by atoms with van der Waals surface area (Å²) >= 11 is 0. The van der Waals surface area contributed by atoms with E-state index in [1.807, 2.05) is 0 Å². The molecular weight excluding hydrogens is 236 g/mol. The number of carboxylic acids is 1. The molecule has 0 bridgehead atoms. The summed E-state index contributed by atoms with van der Waals surface area (Å²) < 4.78 is 4.62. The molecule has 0 aliphatic rings. The lowest BCUT2D eigenvalue weighted by Crippen LogP contribution is -2.00. The first-order valence-electron chi connectivity index (χ1n) is 5.39. The van der Waals surface area contributed by atoms with Gasteiger partial charge >= 0.3 is 11.9 Å². The first-order chi connectivity index (χ1) is 8.60. The Kier molecular flexibility index (Phi) is 3.27. The number of methoxy groups -OCH3 is 1. The van der Waals surface area contributed by atoms with Gasteiger partial charge in [0.25, 0.3) is 0 Å². The largest absolute Gasteiger partial charge is 0.481 e. The highest BCUT2D eigenvalue weighted by Crippen LogP contribution is 2.15. The van der Waals surface area contributed by atoms with E-state index in [1.165, 1.54) is 7.11 Å². The third kappa shape index (κ3) is 2.48. The van der Waals surface area contributed by atoms with Gasteiger partial charge in [0.1, 0.15) is 5.82 Å². The van der Waals surface area contributed by atoms with Crippen LogP contribution in [-0.2, 0) is 16.0 Å². The number of rotatable bonds is 4. The first kappa shape index (κ1) is 12.1. The Labute approximate surface area is 103 Å². The highest BCUT2D eigenvalue weighted by molar-refractivity contribution is 5.93. The molecule has 0 aliphatic carbocycles. The standard InChI is InChI=1S/C12H12N2O4/c1-18-12(17)7-2-3-8-9(6-7)14-10(13-8)4-5-11(15)16/h2-3,6H,4-5H2,1H3,(H,13,14)(H,15,16). The Morgan fingerprint density at radius 3 is 2.89 bits per heavy atom. The van der Waals surface area contributed by atoms with E-state index in [0.29, 0.717) is 28.8 Å². The van der Waals surface area contributed by atoms with Crippen LogP contribution < -0.4 is 0 Å². The first-order valence-corrected chi connectivity index (χ1v) is 5.39. The Morgan fingerprint density at radius 2 is 2.22 bits per heavy atom. The van der Waals surface area contributed by atoms with Gasteiger partial charge in [-0.05, 0) is 18.2 Å². The minimum atomic E-state index is -0.870. The second-order valence-corrected chi connectivity index (χ2v) is 3.80. The highest BCUT2D eigenvalue weighted by Gasteiger charge is 2.09. The van der Waals surface area contributed by atoms with Crippen molar-refractivity contribution in [2.75, 3.05) is 7.11 Å². The van der Waals surface area contributed by atoms with E-state index in [2.05, 4.69) is 14.7 Å². The fraction of sp³-hybridized carbons (Fsp3) is 0.250. The number of nitrogens with one attached hydrogen (secondary N) is 1. The van der Waals surface area contributed by atoms with Gasteiger partial charge in [-0.25, -0.2) is 9.78 Å². The van der Waals surface area contributed by atoms with E-state index in [0.717, 1.165) is 0 Å². The number of aryl methyl sites for hydroxylation is 1. The molecule has 2 N–H and O–H groups in total. The molecule has 2 aromatic rings. The molecule has 0 aliphatic heterocycles. The van der Waals surface area contributed by atoms with Gasteiger partial charge in [-0.3, -0.25) is 4.79 Å². The molecular formula is C12H12N2O4. The number of H-pyrrole nitrogens is 1. The minimum absolute atomic E-state index is 0.0175. The number of aromatic nitrogens is 2. The molecule has 0 unspecified atom stereocenters. The van der Waals surface area contributed by atoms with Crippen molar-refractivity contribution in [1.29, 1.82) is 0 Å². The van der Waals surface area contributed by atoms with Crippen molar-refractivity contribution in [2.45, 2.75) is 12.8 Å². The zero-order valence-corrected chi connectivity index (χ0v) is 9.77. The molecule has 18 heavy (non-hydrogen) atoms. The van der Waals surface area contributed by atoms with Crippen LogP contribution in [0.5, 0.6) is 0 Å². The van der Waals surface area contributed by atoms with Crippen LogP contribution in [0.1, 0.15) is 22.6 Å². The maximum Gasteiger partial charge on any atom is 0.337 e. The lowest BCUT2D eigenvalue weighted by Gasteiger charge is -1.97. The summed E-state index contributed by atoms with van der Waals surface area (Å²) in [5.41, 5.74) is 1.82. The highest BCUT2D eigenvalue weighted by atomic mass is 16.5. The van der Waals surface area contributed by atoms with E-state index in [4.69, 9.17) is 5.11 Å². The van der Waals surface area contributed by atoms with Crippen molar-refractivity contribution < 1.29 is 19.4 Å². The van der Waals surface area contributed by atoms with Gasteiger partial charge < -0.3 is 14.8 Å². The van der Waals surface area contributed by atoms with Crippen LogP contribution >= 0.6 is 0 Å². The van der Waals surface area contributed by atoms with Gasteiger partial charge in [0.15, 0.2) is 0 Å². The molecule has 0 saturated carbocycles. The summed E-state index contributed by atoms with van der Waals surface area (Å²) in [5.74, 6) is -0.696. The molecule has 0 atom stereocenters. The Bertz CT molecular complexity index is 603. The quantitative estimate of drug-likeness (QED) is 0.797. The van der Waals surface area contributed by atoms with Gasteiger partial charge in [0.05, 0.1) is 30.1 Å². The van der Waals surface area contributed by atoms with Crippen LogP contribution in [0.15, 0.2) is 18.2 Å². The Morgan fingerprint density at radius 1 is 1.44 bits per heavy atom. The summed E-state index contributed by atoms with van der Waals surface area (Å²) in [7, 11) is 1.32. The van der Waals surface area contributed by atoms with Crippen molar-refractivity contribution in [1.82, 2.24) is 9.97 Å². The van der Waals surface area contributed by atoms with Crippen LogP contribution in [0.2, 0.25) is 0 Å². The van der Waals surface area contributed by atoms with Crippen molar-refractivity contribution >= 4 is 23.0 Å². The van der Waals surface area contributed by atoms with E-state index >= 15 is 0 Å². The normalized spacial score (nSPS) is 10.5. The molecule has 0 amide bonds. The lowest BCUT2D eigenvalue weighted by atomic mass is 10.2. The number of imidazole rings is 1. The zero-order valence-electron chi connectivity index (χ0n) is 9.77. The van der Waals surface area contributed by atoms with Crippen molar-refractivity contribution in [3.05, 3.63) is 29.6 Å². The van der Waals surface area contributed by atoms with E-state index in [1.54, 1.807) is 18.2 Å². The maximum absolute atomic E-state index is 11.3.